The molecule has 2 atom stereocenters. The van der Waals surface area contributed by atoms with Gasteiger partial charge in [-0.2, -0.15) is 0 Å². The van der Waals surface area contributed by atoms with Crippen LogP contribution in [0.1, 0.15) is 50.3 Å². The van der Waals surface area contributed by atoms with Gasteiger partial charge < -0.3 is 13.6 Å². The van der Waals surface area contributed by atoms with Gasteiger partial charge in [0, 0.05) is 12.3 Å². The van der Waals surface area contributed by atoms with Gasteiger partial charge in [-0.15, -0.1) is 0 Å². The second kappa shape index (κ2) is 8.79. The van der Waals surface area contributed by atoms with Crippen molar-refractivity contribution in [2.45, 2.75) is 59.2 Å². The van der Waals surface area contributed by atoms with Gasteiger partial charge in [-0.3, -0.25) is 0 Å². The Hall–Kier alpha value is -2.50. The molecule has 4 nitrogen and oxygen atoms in total. The quantitative estimate of drug-likeness (QED) is 0.385. The molecule has 3 aromatic rings. The summed E-state index contributed by atoms with van der Waals surface area (Å²) in [6.07, 6.45) is 5.24. The summed E-state index contributed by atoms with van der Waals surface area (Å²) in [5.74, 6) is 0.777. The van der Waals surface area contributed by atoms with Gasteiger partial charge in [0.15, 0.2) is 0 Å². The minimum Gasteiger partial charge on any atom is -0.446 e. The molecule has 0 aliphatic heterocycles. The Bertz CT molecular complexity index is 1070. The van der Waals surface area contributed by atoms with Gasteiger partial charge in [-0.1, -0.05) is 69.3 Å². The van der Waals surface area contributed by atoms with Crippen LogP contribution < -0.4 is 0 Å². The van der Waals surface area contributed by atoms with Crippen molar-refractivity contribution in [2.75, 3.05) is 0 Å². The van der Waals surface area contributed by atoms with Crippen molar-refractivity contribution in [1.82, 2.24) is 4.98 Å². The van der Waals surface area contributed by atoms with E-state index in [-0.39, 0.29) is 22.8 Å². The fourth-order valence-corrected chi connectivity index (χ4v) is 6.49. The maximum atomic E-state index is 13.1. The van der Waals surface area contributed by atoms with Crippen LogP contribution in [0.15, 0.2) is 65.4 Å². The van der Waals surface area contributed by atoms with Crippen LogP contribution in [0.4, 0.5) is 0 Å². The summed E-state index contributed by atoms with van der Waals surface area (Å²) >= 11 is 0. The molecule has 0 radical (unpaired) electrons. The third kappa shape index (κ3) is 5.10. The highest BCUT2D eigenvalue weighted by Gasteiger charge is 2.42. The van der Waals surface area contributed by atoms with E-state index in [0.717, 1.165) is 12.8 Å². The average Bonchev–Trinajstić information content (AvgIpc) is 3.41. The number of nitrogens with zero attached hydrogens (tertiary/aromatic N) is 1. The van der Waals surface area contributed by atoms with E-state index in [0.29, 0.717) is 12.3 Å². The predicted molar refractivity (Wildman–Crippen MR) is 130 cm³/mol. The Morgan fingerprint density at radius 1 is 1.09 bits per heavy atom. The second-order valence-electron chi connectivity index (χ2n) is 10.6. The number of hydrogen-bond acceptors (Lipinski definition) is 4. The van der Waals surface area contributed by atoms with Crippen molar-refractivity contribution in [3.8, 4) is 11.1 Å². The number of oxazole rings is 1. The summed E-state index contributed by atoms with van der Waals surface area (Å²) in [5.41, 5.74) is 5.09. The number of aromatic nitrogens is 1. The summed E-state index contributed by atoms with van der Waals surface area (Å²) in [6.45, 7) is 10.3. The van der Waals surface area contributed by atoms with Crippen LogP contribution in [0, 0.1) is 11.3 Å². The van der Waals surface area contributed by atoms with Gasteiger partial charge in [0.2, 0.25) is 5.89 Å². The molecular weight excluding hydrogens is 414 g/mol. The zero-order chi connectivity index (χ0) is 22.9. The number of rotatable bonds is 7. The van der Waals surface area contributed by atoms with Crippen LogP contribution in [0.25, 0.3) is 11.1 Å². The third-order valence-electron chi connectivity index (χ3n) is 6.18. The topological polar surface area (TPSA) is 52.3 Å². The Morgan fingerprint density at radius 3 is 2.47 bits per heavy atom. The molecule has 0 fully saturated rings. The zero-order valence-corrected chi connectivity index (χ0v) is 20.7. The summed E-state index contributed by atoms with van der Waals surface area (Å²) in [4.78, 5) is 17.5. The van der Waals surface area contributed by atoms with E-state index in [1.54, 1.807) is 12.5 Å². The Kier molecular flexibility index (Phi) is 6.23. The lowest BCUT2D eigenvalue weighted by atomic mass is 9.93. The summed E-state index contributed by atoms with van der Waals surface area (Å²) < 4.78 is 12.4. The molecule has 0 saturated carbocycles. The van der Waals surface area contributed by atoms with Crippen molar-refractivity contribution in [3.63, 3.8) is 0 Å². The van der Waals surface area contributed by atoms with Crippen LogP contribution in [0.2, 0.25) is 13.1 Å². The summed E-state index contributed by atoms with van der Waals surface area (Å²) in [5, 5.41) is 0.239. The van der Waals surface area contributed by atoms with Crippen molar-refractivity contribution < 1.29 is 13.6 Å². The first-order chi connectivity index (χ1) is 15.1. The maximum absolute atomic E-state index is 13.1. The molecule has 32 heavy (non-hydrogen) atoms. The van der Waals surface area contributed by atoms with Crippen molar-refractivity contribution in [3.05, 3.63) is 78.0 Å². The average molecular weight is 448 g/mol. The molecule has 0 N–H and O–H groups in total. The van der Waals surface area contributed by atoms with Crippen LogP contribution in [-0.4, -0.2) is 18.7 Å². The fourth-order valence-electron chi connectivity index (χ4n) is 4.48. The molecule has 5 heteroatoms. The Morgan fingerprint density at radius 2 is 1.81 bits per heavy atom. The second-order valence-corrected chi connectivity index (χ2v) is 14.4. The minimum absolute atomic E-state index is 0.0550. The van der Waals surface area contributed by atoms with E-state index in [9.17, 15) is 4.79 Å². The van der Waals surface area contributed by atoms with Gasteiger partial charge in [0.05, 0.1) is 6.20 Å². The van der Waals surface area contributed by atoms with E-state index >= 15 is 0 Å². The highest BCUT2D eigenvalue weighted by Crippen LogP contribution is 2.40. The molecule has 1 heterocycles. The van der Waals surface area contributed by atoms with E-state index in [1.165, 1.54) is 22.3 Å². The molecule has 2 unspecified atom stereocenters. The van der Waals surface area contributed by atoms with Crippen LogP contribution in [0.5, 0.6) is 0 Å². The third-order valence-corrected chi connectivity index (χ3v) is 8.55. The first-order valence-electron chi connectivity index (χ1n) is 11.4. The lowest BCUT2D eigenvalue weighted by Crippen LogP contribution is -2.45. The molecule has 168 valence electrons. The molecule has 2 aromatic carbocycles. The molecule has 0 bridgehead atoms. The van der Waals surface area contributed by atoms with Gasteiger partial charge >= 0.3 is 0 Å². The number of carbonyl (C=O) groups excluding carboxylic acids is 1. The van der Waals surface area contributed by atoms with Crippen molar-refractivity contribution in [2.24, 2.45) is 11.3 Å². The lowest BCUT2D eigenvalue weighted by Gasteiger charge is -2.31. The lowest BCUT2D eigenvalue weighted by molar-refractivity contribution is -0.116. The van der Waals surface area contributed by atoms with Gasteiger partial charge in [-0.25, -0.2) is 4.98 Å². The highest BCUT2D eigenvalue weighted by molar-refractivity contribution is 6.99. The molecular formula is C27H33NO3Si. The number of carbonyl (C=O) groups is 1. The Labute approximate surface area is 192 Å². The van der Waals surface area contributed by atoms with E-state index in [2.05, 4.69) is 68.2 Å². The highest BCUT2D eigenvalue weighted by atomic mass is 28.4. The molecule has 0 saturated heterocycles. The molecule has 4 rings (SSSR count). The van der Waals surface area contributed by atoms with Crippen LogP contribution in [-0.2, 0) is 22.1 Å². The van der Waals surface area contributed by atoms with Crippen molar-refractivity contribution >= 4 is 13.7 Å². The van der Waals surface area contributed by atoms with Crippen LogP contribution in [0.3, 0.4) is 0 Å². The SMILES string of the molecule is CC(C)(C)CC(=O)[Si](C)(C)OC(c1ncco1)C1Cc2ccc(-c3ccccc3)cc2C1. The molecule has 1 aliphatic rings. The van der Waals surface area contributed by atoms with Gasteiger partial charge in [0.25, 0.3) is 8.32 Å². The van der Waals surface area contributed by atoms with Crippen molar-refractivity contribution in [1.29, 1.82) is 0 Å². The largest absolute Gasteiger partial charge is 0.446 e. The fraction of sp³-hybridized carbons (Fsp3) is 0.407. The predicted octanol–water partition coefficient (Wildman–Crippen LogP) is 6.56. The zero-order valence-electron chi connectivity index (χ0n) is 19.7. The molecule has 0 spiro atoms. The molecule has 1 aromatic heterocycles. The monoisotopic (exact) mass is 447 g/mol. The summed E-state index contributed by atoms with van der Waals surface area (Å²) in [6, 6.07) is 17.2. The molecule has 0 amide bonds. The number of hydrogen-bond donors (Lipinski definition) is 0. The van der Waals surface area contributed by atoms with Gasteiger partial charge in [0.1, 0.15) is 17.8 Å². The number of benzene rings is 2. The van der Waals surface area contributed by atoms with Crippen LogP contribution >= 0.6 is 0 Å². The summed E-state index contributed by atoms with van der Waals surface area (Å²) in [7, 11) is -2.61. The Balaban J connectivity index is 1.57. The minimum atomic E-state index is -2.61. The number of fused-ring (bicyclic) bond motifs is 1. The first-order valence-corrected chi connectivity index (χ1v) is 14.3. The van der Waals surface area contributed by atoms with Gasteiger partial charge in [-0.05, 0) is 53.6 Å². The first kappa shape index (κ1) is 22.7. The normalized spacial score (nSPS) is 17.2. The van der Waals surface area contributed by atoms with E-state index < -0.39 is 8.32 Å². The smallest absolute Gasteiger partial charge is 0.259 e. The molecule has 1 aliphatic carbocycles. The van der Waals surface area contributed by atoms with E-state index in [1.807, 2.05) is 19.2 Å². The maximum Gasteiger partial charge on any atom is 0.259 e. The standard InChI is InChI=1S/C27H33NO3Si/c1-27(2,3)18-24(29)32(4,5)31-25(26-28-13-14-30-26)23-16-21-12-11-20(15-22(21)17-23)19-9-7-6-8-10-19/h6-15,23,25H,16-18H2,1-5H3. The van der Waals surface area contributed by atoms with E-state index in [4.69, 9.17) is 8.84 Å².